The molecule has 3 rings (SSSR count). The summed E-state index contributed by atoms with van der Waals surface area (Å²) < 4.78 is 15.3. The Hall–Kier alpha value is -2.83. The number of methoxy groups -OCH3 is 2. The van der Waals surface area contributed by atoms with Crippen molar-refractivity contribution in [2.45, 2.75) is 19.3 Å². The number of hydrogen-bond acceptors (Lipinski definition) is 6. The van der Waals surface area contributed by atoms with Crippen LogP contribution in [0, 0.1) is 5.92 Å². The van der Waals surface area contributed by atoms with E-state index in [-0.39, 0.29) is 24.2 Å². The van der Waals surface area contributed by atoms with E-state index in [0.29, 0.717) is 37.4 Å². The predicted molar refractivity (Wildman–Crippen MR) is 93.5 cm³/mol. The van der Waals surface area contributed by atoms with Crippen molar-refractivity contribution >= 4 is 11.9 Å². The number of likely N-dealkylation sites (tertiary alicyclic amines) is 1. The molecule has 0 aliphatic carbocycles. The molecule has 7 nitrogen and oxygen atoms in total. The van der Waals surface area contributed by atoms with E-state index in [2.05, 4.69) is 5.16 Å². The fourth-order valence-electron chi connectivity index (χ4n) is 3.11. The zero-order chi connectivity index (χ0) is 18.5. The highest BCUT2D eigenvalue weighted by Gasteiger charge is 2.28. The van der Waals surface area contributed by atoms with Gasteiger partial charge in [0.15, 0.2) is 5.76 Å². The van der Waals surface area contributed by atoms with Crippen molar-refractivity contribution in [2.75, 3.05) is 27.3 Å². The van der Waals surface area contributed by atoms with Crippen LogP contribution in [-0.2, 0) is 20.7 Å². The number of aromatic nitrogens is 1. The maximum Gasteiger partial charge on any atom is 0.308 e. The Morgan fingerprint density at radius 1 is 1.23 bits per heavy atom. The molecular weight excluding hydrogens is 336 g/mol. The number of rotatable bonds is 5. The third kappa shape index (κ3) is 4.04. The molecule has 7 heteroatoms. The molecular formula is C19H22N2O5. The van der Waals surface area contributed by atoms with Crippen molar-refractivity contribution in [3.8, 4) is 17.1 Å². The number of esters is 1. The first-order valence-corrected chi connectivity index (χ1v) is 8.56. The Bertz CT molecular complexity index is 778. The summed E-state index contributed by atoms with van der Waals surface area (Å²) in [6.07, 6.45) is 1.44. The van der Waals surface area contributed by atoms with E-state index in [4.69, 9.17) is 14.0 Å². The van der Waals surface area contributed by atoms with Gasteiger partial charge in [0.2, 0.25) is 5.91 Å². The Morgan fingerprint density at radius 3 is 2.69 bits per heavy atom. The number of ether oxygens (including phenoxy) is 2. The van der Waals surface area contributed by atoms with Crippen LogP contribution in [-0.4, -0.2) is 49.2 Å². The second-order valence-electron chi connectivity index (χ2n) is 6.27. The zero-order valence-electron chi connectivity index (χ0n) is 14.9. The second-order valence-corrected chi connectivity index (χ2v) is 6.27. The van der Waals surface area contributed by atoms with Crippen LogP contribution < -0.4 is 4.74 Å². The number of hydrogen-bond donors (Lipinski definition) is 0. The van der Waals surface area contributed by atoms with Gasteiger partial charge in [-0.05, 0) is 25.0 Å². The van der Waals surface area contributed by atoms with E-state index in [9.17, 15) is 9.59 Å². The summed E-state index contributed by atoms with van der Waals surface area (Å²) in [6.45, 7) is 1.11. The third-order valence-corrected chi connectivity index (χ3v) is 4.63. The standard InChI is InChI=1S/C19H22N2O5/c1-24-16-5-3-4-14(10-16)17-11-15(20-26-17)12-18(22)21-8-6-13(7-9-21)19(23)25-2/h3-5,10-11,13H,6-9,12H2,1-2H3. The topological polar surface area (TPSA) is 81.9 Å². The van der Waals surface area contributed by atoms with Gasteiger partial charge in [0.25, 0.3) is 0 Å². The Balaban J connectivity index is 1.59. The first-order valence-electron chi connectivity index (χ1n) is 8.56. The molecule has 26 heavy (non-hydrogen) atoms. The lowest BCUT2D eigenvalue weighted by Crippen LogP contribution is -2.41. The molecule has 0 saturated carbocycles. The van der Waals surface area contributed by atoms with E-state index in [1.165, 1.54) is 7.11 Å². The molecule has 0 spiro atoms. The largest absolute Gasteiger partial charge is 0.497 e. The lowest BCUT2D eigenvalue weighted by atomic mass is 9.97. The molecule has 1 amide bonds. The molecule has 1 aromatic carbocycles. The minimum Gasteiger partial charge on any atom is -0.497 e. The maximum absolute atomic E-state index is 12.5. The predicted octanol–water partition coefficient (Wildman–Crippen LogP) is 2.30. The number of carbonyl (C=O) groups excluding carboxylic acids is 2. The fraction of sp³-hybridized carbons (Fsp3) is 0.421. The number of benzene rings is 1. The minimum atomic E-state index is -0.198. The van der Waals surface area contributed by atoms with Gasteiger partial charge in [-0.2, -0.15) is 0 Å². The van der Waals surface area contributed by atoms with Crippen LogP contribution in [0.25, 0.3) is 11.3 Å². The van der Waals surface area contributed by atoms with Crippen LogP contribution in [0.2, 0.25) is 0 Å². The smallest absolute Gasteiger partial charge is 0.308 e. The normalized spacial score (nSPS) is 14.9. The monoisotopic (exact) mass is 358 g/mol. The molecule has 1 aromatic heterocycles. The summed E-state index contributed by atoms with van der Waals surface area (Å²) >= 11 is 0. The molecule has 138 valence electrons. The summed E-state index contributed by atoms with van der Waals surface area (Å²) in [4.78, 5) is 25.8. The van der Waals surface area contributed by atoms with Gasteiger partial charge in [0.05, 0.1) is 32.3 Å². The van der Waals surface area contributed by atoms with Crippen molar-refractivity contribution in [1.29, 1.82) is 0 Å². The number of nitrogens with zero attached hydrogens (tertiary/aromatic N) is 2. The van der Waals surface area contributed by atoms with E-state index in [1.807, 2.05) is 24.3 Å². The highest BCUT2D eigenvalue weighted by molar-refractivity contribution is 5.79. The molecule has 0 radical (unpaired) electrons. The maximum atomic E-state index is 12.5. The van der Waals surface area contributed by atoms with Crippen LogP contribution in [0.1, 0.15) is 18.5 Å². The second kappa shape index (κ2) is 8.03. The van der Waals surface area contributed by atoms with Gasteiger partial charge in [0.1, 0.15) is 5.75 Å². The van der Waals surface area contributed by atoms with Gasteiger partial charge in [-0.1, -0.05) is 17.3 Å². The van der Waals surface area contributed by atoms with Gasteiger partial charge >= 0.3 is 5.97 Å². The molecule has 1 aliphatic heterocycles. The van der Waals surface area contributed by atoms with E-state index >= 15 is 0 Å². The van der Waals surface area contributed by atoms with Crippen molar-refractivity contribution in [1.82, 2.24) is 10.1 Å². The lowest BCUT2D eigenvalue weighted by molar-refractivity contribution is -0.148. The zero-order valence-corrected chi connectivity index (χ0v) is 14.9. The molecule has 2 heterocycles. The first-order chi connectivity index (χ1) is 12.6. The Labute approximate surface area is 151 Å². The van der Waals surface area contributed by atoms with Crippen LogP contribution in [0.3, 0.4) is 0 Å². The minimum absolute atomic E-state index is 0.0150. The summed E-state index contributed by atoms with van der Waals surface area (Å²) in [7, 11) is 3.00. The highest BCUT2D eigenvalue weighted by atomic mass is 16.5. The van der Waals surface area contributed by atoms with Crippen LogP contribution >= 0.6 is 0 Å². The third-order valence-electron chi connectivity index (χ3n) is 4.63. The molecule has 0 unspecified atom stereocenters. The quantitative estimate of drug-likeness (QED) is 0.763. The average Bonchev–Trinajstić information content (AvgIpc) is 3.16. The SMILES string of the molecule is COC(=O)C1CCN(C(=O)Cc2cc(-c3cccc(OC)c3)on2)CC1. The van der Waals surface area contributed by atoms with Crippen LogP contribution in [0.15, 0.2) is 34.9 Å². The van der Waals surface area contributed by atoms with Crippen molar-refractivity contribution in [3.05, 3.63) is 36.0 Å². The van der Waals surface area contributed by atoms with Crippen molar-refractivity contribution in [3.63, 3.8) is 0 Å². The first kappa shape index (κ1) is 18.0. The Kier molecular flexibility index (Phi) is 5.55. The summed E-state index contributed by atoms with van der Waals surface area (Å²) in [6, 6.07) is 9.24. The van der Waals surface area contributed by atoms with E-state index < -0.39 is 0 Å². The van der Waals surface area contributed by atoms with Crippen molar-refractivity contribution < 1.29 is 23.6 Å². The van der Waals surface area contributed by atoms with Crippen LogP contribution in [0.4, 0.5) is 0 Å². The summed E-state index contributed by atoms with van der Waals surface area (Å²) in [5.41, 5.74) is 1.43. The van der Waals surface area contributed by atoms with Gasteiger partial charge in [-0.15, -0.1) is 0 Å². The molecule has 1 aliphatic rings. The van der Waals surface area contributed by atoms with Gasteiger partial charge in [-0.25, -0.2) is 0 Å². The van der Waals surface area contributed by atoms with Gasteiger partial charge < -0.3 is 18.9 Å². The van der Waals surface area contributed by atoms with E-state index in [0.717, 1.165) is 11.3 Å². The Morgan fingerprint density at radius 2 is 2.00 bits per heavy atom. The van der Waals surface area contributed by atoms with E-state index in [1.54, 1.807) is 18.1 Å². The summed E-state index contributed by atoms with van der Waals surface area (Å²) in [5.74, 6) is 0.993. The summed E-state index contributed by atoms with van der Waals surface area (Å²) in [5, 5.41) is 4.00. The van der Waals surface area contributed by atoms with Gasteiger partial charge in [0, 0.05) is 24.7 Å². The van der Waals surface area contributed by atoms with Crippen molar-refractivity contribution in [2.24, 2.45) is 5.92 Å². The van der Waals surface area contributed by atoms with Crippen LogP contribution in [0.5, 0.6) is 5.75 Å². The average molecular weight is 358 g/mol. The molecule has 0 bridgehead atoms. The molecule has 2 aromatic rings. The molecule has 0 atom stereocenters. The number of carbonyl (C=O) groups is 2. The fourth-order valence-corrected chi connectivity index (χ4v) is 3.11. The molecule has 1 saturated heterocycles. The number of amides is 1. The number of piperidine rings is 1. The highest BCUT2D eigenvalue weighted by Crippen LogP contribution is 2.25. The molecule has 0 N–H and O–H groups in total. The molecule has 1 fully saturated rings. The van der Waals surface area contributed by atoms with Gasteiger partial charge in [-0.3, -0.25) is 9.59 Å². The lowest BCUT2D eigenvalue weighted by Gasteiger charge is -2.30.